The molecule has 2 aliphatic heterocycles. The van der Waals surface area contributed by atoms with E-state index in [2.05, 4.69) is 22.3 Å². The van der Waals surface area contributed by atoms with Crippen molar-refractivity contribution in [3.05, 3.63) is 59.5 Å². The van der Waals surface area contributed by atoms with E-state index in [1.165, 1.54) is 5.56 Å². The van der Waals surface area contributed by atoms with Crippen molar-refractivity contribution in [3.8, 4) is 0 Å². The third kappa shape index (κ3) is 3.98. The molecule has 0 unspecified atom stereocenters. The number of carbonyl (C=O) groups is 1. The van der Waals surface area contributed by atoms with Crippen molar-refractivity contribution in [2.24, 2.45) is 0 Å². The van der Waals surface area contributed by atoms with E-state index < -0.39 is 0 Å². The van der Waals surface area contributed by atoms with E-state index in [1.54, 1.807) is 6.26 Å². The molecule has 0 spiro atoms. The lowest BCUT2D eigenvalue weighted by molar-refractivity contribution is 0.0313. The molecule has 1 atom stereocenters. The van der Waals surface area contributed by atoms with E-state index in [4.69, 9.17) is 9.15 Å². The summed E-state index contributed by atoms with van der Waals surface area (Å²) in [5, 5.41) is 3.50. The zero-order valence-corrected chi connectivity index (χ0v) is 14.9. The third-order valence-corrected chi connectivity index (χ3v) is 5.05. The summed E-state index contributed by atoms with van der Waals surface area (Å²) < 4.78 is 11.0. The Balaban J connectivity index is 1.39. The fourth-order valence-electron chi connectivity index (χ4n) is 3.58. The van der Waals surface area contributed by atoms with Gasteiger partial charge in [0.15, 0.2) is 0 Å². The Morgan fingerprint density at radius 1 is 1.15 bits per heavy atom. The van der Waals surface area contributed by atoms with Crippen LogP contribution in [0.15, 0.2) is 47.1 Å². The van der Waals surface area contributed by atoms with E-state index in [-0.39, 0.29) is 11.9 Å². The normalized spacial score (nSPS) is 21.7. The summed E-state index contributed by atoms with van der Waals surface area (Å²) in [4.78, 5) is 17.1. The van der Waals surface area contributed by atoms with Crippen LogP contribution in [0.3, 0.4) is 0 Å². The Morgan fingerprint density at radius 2 is 1.96 bits per heavy atom. The third-order valence-electron chi connectivity index (χ3n) is 5.05. The second-order valence-corrected chi connectivity index (χ2v) is 6.86. The molecule has 1 aromatic carbocycles. The summed E-state index contributed by atoms with van der Waals surface area (Å²) >= 11 is 0. The highest BCUT2D eigenvalue weighted by molar-refractivity contribution is 5.94. The first kappa shape index (κ1) is 17.3. The maximum Gasteiger partial charge on any atom is 0.257 e. The van der Waals surface area contributed by atoms with Gasteiger partial charge in [0.1, 0.15) is 12.0 Å². The van der Waals surface area contributed by atoms with Crippen LogP contribution in [0.4, 0.5) is 0 Å². The monoisotopic (exact) mass is 355 g/mol. The first-order valence-electron chi connectivity index (χ1n) is 9.25. The molecule has 1 aromatic heterocycles. The zero-order chi connectivity index (χ0) is 17.8. The van der Waals surface area contributed by atoms with Gasteiger partial charge in [-0.2, -0.15) is 0 Å². The highest BCUT2D eigenvalue weighted by atomic mass is 16.5. The van der Waals surface area contributed by atoms with Crippen LogP contribution in [0, 0.1) is 0 Å². The van der Waals surface area contributed by atoms with Gasteiger partial charge in [0.25, 0.3) is 5.91 Å². The molecule has 0 bridgehead atoms. The molecule has 0 radical (unpaired) electrons. The number of rotatable bonds is 4. The van der Waals surface area contributed by atoms with Crippen LogP contribution in [-0.2, 0) is 11.3 Å². The fourth-order valence-corrected chi connectivity index (χ4v) is 3.58. The summed E-state index contributed by atoms with van der Waals surface area (Å²) in [5.41, 5.74) is 1.85. The van der Waals surface area contributed by atoms with Crippen molar-refractivity contribution in [1.29, 1.82) is 0 Å². The molecule has 0 aliphatic carbocycles. The van der Waals surface area contributed by atoms with E-state index >= 15 is 0 Å². The van der Waals surface area contributed by atoms with Gasteiger partial charge in [0.05, 0.1) is 25.3 Å². The molecular formula is C20H25N3O3. The number of piperazine rings is 1. The molecule has 6 heteroatoms. The van der Waals surface area contributed by atoms with Crippen molar-refractivity contribution >= 4 is 5.91 Å². The SMILES string of the molecule is O=C(c1coc(CN2CCOCC2)c1)N1CCN[C@@H](c2ccccc2)C1. The van der Waals surface area contributed by atoms with E-state index in [0.717, 1.165) is 45.2 Å². The molecule has 1 amide bonds. The molecule has 4 rings (SSSR count). The minimum absolute atomic E-state index is 0.0457. The minimum Gasteiger partial charge on any atom is -0.467 e. The van der Waals surface area contributed by atoms with Gasteiger partial charge in [0.2, 0.25) is 0 Å². The number of carbonyl (C=O) groups excluding carboxylic acids is 1. The van der Waals surface area contributed by atoms with Gasteiger partial charge >= 0.3 is 0 Å². The molecular weight excluding hydrogens is 330 g/mol. The Hall–Kier alpha value is -2.15. The lowest BCUT2D eigenvalue weighted by Gasteiger charge is -2.33. The average molecular weight is 355 g/mol. The van der Waals surface area contributed by atoms with Crippen LogP contribution in [0.5, 0.6) is 0 Å². The smallest absolute Gasteiger partial charge is 0.257 e. The Kier molecular flexibility index (Phi) is 5.34. The van der Waals surface area contributed by atoms with Crippen LogP contribution in [-0.4, -0.2) is 61.6 Å². The van der Waals surface area contributed by atoms with Crippen molar-refractivity contribution in [2.75, 3.05) is 45.9 Å². The lowest BCUT2D eigenvalue weighted by atomic mass is 10.0. The van der Waals surface area contributed by atoms with Crippen LogP contribution in [0.25, 0.3) is 0 Å². The van der Waals surface area contributed by atoms with E-state index in [9.17, 15) is 4.79 Å². The summed E-state index contributed by atoms with van der Waals surface area (Å²) in [6, 6.07) is 12.3. The molecule has 1 N–H and O–H groups in total. The summed E-state index contributed by atoms with van der Waals surface area (Å²) in [6.45, 7) is 6.23. The highest BCUT2D eigenvalue weighted by Gasteiger charge is 2.26. The van der Waals surface area contributed by atoms with Crippen molar-refractivity contribution in [1.82, 2.24) is 15.1 Å². The second-order valence-electron chi connectivity index (χ2n) is 6.86. The van der Waals surface area contributed by atoms with Crippen molar-refractivity contribution < 1.29 is 13.9 Å². The topological polar surface area (TPSA) is 58.0 Å². The van der Waals surface area contributed by atoms with Gasteiger partial charge in [-0.05, 0) is 11.6 Å². The van der Waals surface area contributed by atoms with Gasteiger partial charge in [-0.1, -0.05) is 30.3 Å². The maximum atomic E-state index is 12.9. The fraction of sp³-hybridized carbons (Fsp3) is 0.450. The van der Waals surface area contributed by atoms with Gasteiger partial charge < -0.3 is 19.4 Å². The minimum atomic E-state index is 0.0457. The number of ether oxygens (including phenoxy) is 1. The first-order chi connectivity index (χ1) is 12.8. The van der Waals surface area contributed by atoms with Crippen molar-refractivity contribution in [3.63, 3.8) is 0 Å². The first-order valence-corrected chi connectivity index (χ1v) is 9.25. The molecule has 0 saturated carbocycles. The number of hydrogen-bond acceptors (Lipinski definition) is 5. The Morgan fingerprint density at radius 3 is 2.77 bits per heavy atom. The highest BCUT2D eigenvalue weighted by Crippen LogP contribution is 2.20. The van der Waals surface area contributed by atoms with Gasteiger partial charge in [-0.25, -0.2) is 0 Å². The predicted octanol–water partition coefficient (Wildman–Crippen LogP) is 1.90. The molecule has 2 saturated heterocycles. The average Bonchev–Trinajstić information content (AvgIpc) is 3.17. The predicted molar refractivity (Wildman–Crippen MR) is 97.9 cm³/mol. The maximum absolute atomic E-state index is 12.9. The van der Waals surface area contributed by atoms with E-state index in [1.807, 2.05) is 29.2 Å². The summed E-state index contributed by atoms with van der Waals surface area (Å²) in [6.07, 6.45) is 1.59. The number of morpholine rings is 1. The summed E-state index contributed by atoms with van der Waals surface area (Å²) in [5.74, 6) is 0.884. The number of nitrogens with zero attached hydrogens (tertiary/aromatic N) is 2. The molecule has 26 heavy (non-hydrogen) atoms. The molecule has 6 nitrogen and oxygen atoms in total. The molecule has 2 aliphatic rings. The van der Waals surface area contributed by atoms with Crippen LogP contribution in [0.1, 0.15) is 27.7 Å². The molecule has 2 fully saturated rings. The Bertz CT molecular complexity index is 725. The van der Waals surface area contributed by atoms with Crippen LogP contribution < -0.4 is 5.32 Å². The molecule has 138 valence electrons. The van der Waals surface area contributed by atoms with Crippen molar-refractivity contribution in [2.45, 2.75) is 12.6 Å². The van der Waals surface area contributed by atoms with Gasteiger partial charge in [-0.15, -0.1) is 0 Å². The number of furan rings is 1. The molecule has 2 aromatic rings. The van der Waals surface area contributed by atoms with E-state index in [0.29, 0.717) is 18.7 Å². The number of amides is 1. The van der Waals surface area contributed by atoms with Crippen LogP contribution >= 0.6 is 0 Å². The largest absolute Gasteiger partial charge is 0.467 e. The van der Waals surface area contributed by atoms with Crippen LogP contribution in [0.2, 0.25) is 0 Å². The number of nitrogens with one attached hydrogen (secondary N) is 1. The second kappa shape index (κ2) is 8.03. The summed E-state index contributed by atoms with van der Waals surface area (Å²) in [7, 11) is 0. The van der Waals surface area contributed by atoms with Gasteiger partial charge in [-0.3, -0.25) is 9.69 Å². The standard InChI is InChI=1S/C20H25N3O3/c24-20(17-12-18(26-15-17)13-22-8-10-25-11-9-22)23-7-6-21-19(14-23)16-4-2-1-3-5-16/h1-5,12,15,19,21H,6-11,13-14H2/t19-/m1/s1. The van der Waals surface area contributed by atoms with Gasteiger partial charge in [0, 0.05) is 38.8 Å². The zero-order valence-electron chi connectivity index (χ0n) is 14.9. The number of benzene rings is 1. The molecule has 3 heterocycles. The quantitative estimate of drug-likeness (QED) is 0.908. The number of hydrogen-bond donors (Lipinski definition) is 1. The lowest BCUT2D eigenvalue weighted by Crippen LogP contribution is -2.48. The Labute approximate surface area is 153 Å².